The molecule has 140 valence electrons. The summed E-state index contributed by atoms with van der Waals surface area (Å²) in [7, 11) is 0. The van der Waals surface area contributed by atoms with Gasteiger partial charge in [-0.3, -0.25) is 4.79 Å². The number of carbonyl (C=O) groups is 1. The number of aromatic nitrogens is 3. The highest BCUT2D eigenvalue weighted by molar-refractivity contribution is 5.92. The minimum absolute atomic E-state index is 0.118. The van der Waals surface area contributed by atoms with E-state index in [1.165, 1.54) is 10.9 Å². The Labute approximate surface area is 157 Å². The highest BCUT2D eigenvalue weighted by atomic mass is 16.5. The minimum Gasteiger partial charge on any atom is -0.376 e. The van der Waals surface area contributed by atoms with Gasteiger partial charge in [-0.05, 0) is 43.0 Å². The van der Waals surface area contributed by atoms with Crippen molar-refractivity contribution >= 4 is 22.6 Å². The molecule has 27 heavy (non-hydrogen) atoms. The number of rotatable bonds is 7. The predicted octanol–water partition coefficient (Wildman–Crippen LogP) is 2.52. The monoisotopic (exact) mass is 365 g/mol. The predicted molar refractivity (Wildman–Crippen MR) is 104 cm³/mol. The first kappa shape index (κ1) is 17.5. The van der Waals surface area contributed by atoms with Gasteiger partial charge in [0.05, 0.1) is 6.10 Å². The lowest BCUT2D eigenvalue weighted by Crippen LogP contribution is -2.32. The normalized spacial score (nSPS) is 16.5. The minimum atomic E-state index is -0.219. The van der Waals surface area contributed by atoms with Crippen molar-refractivity contribution in [1.82, 2.24) is 20.5 Å². The third-order valence-corrected chi connectivity index (χ3v) is 4.79. The van der Waals surface area contributed by atoms with Crippen molar-refractivity contribution in [1.29, 1.82) is 0 Å². The Balaban J connectivity index is 1.26. The van der Waals surface area contributed by atoms with Gasteiger partial charge in [0, 0.05) is 36.8 Å². The van der Waals surface area contributed by atoms with Gasteiger partial charge in [0.15, 0.2) is 5.69 Å². The Hall–Kier alpha value is -2.93. The van der Waals surface area contributed by atoms with Crippen LogP contribution in [0.15, 0.2) is 42.6 Å². The highest BCUT2D eigenvalue weighted by Crippen LogP contribution is 2.18. The van der Waals surface area contributed by atoms with Gasteiger partial charge < -0.3 is 20.4 Å². The van der Waals surface area contributed by atoms with Crippen molar-refractivity contribution in [2.24, 2.45) is 0 Å². The fraction of sp³-hybridized carbons (Fsp3) is 0.350. The Morgan fingerprint density at radius 1 is 1.22 bits per heavy atom. The summed E-state index contributed by atoms with van der Waals surface area (Å²) in [4.78, 5) is 15.4. The van der Waals surface area contributed by atoms with Crippen LogP contribution in [0.3, 0.4) is 0 Å². The third-order valence-electron chi connectivity index (χ3n) is 4.79. The summed E-state index contributed by atoms with van der Waals surface area (Å²) < 4.78 is 5.50. The van der Waals surface area contributed by atoms with E-state index in [1.54, 1.807) is 12.1 Å². The Morgan fingerprint density at radius 3 is 2.96 bits per heavy atom. The first-order valence-corrected chi connectivity index (χ1v) is 9.32. The molecule has 3 N–H and O–H groups in total. The molecule has 2 aromatic heterocycles. The second-order valence-corrected chi connectivity index (χ2v) is 6.69. The summed E-state index contributed by atoms with van der Waals surface area (Å²) in [6.45, 7) is 2.03. The molecule has 0 radical (unpaired) electrons. The molecule has 0 saturated carbocycles. The van der Waals surface area contributed by atoms with Crippen molar-refractivity contribution in [3.63, 3.8) is 0 Å². The topological polar surface area (TPSA) is 91.9 Å². The quantitative estimate of drug-likeness (QED) is 0.598. The fourth-order valence-corrected chi connectivity index (χ4v) is 3.31. The lowest BCUT2D eigenvalue weighted by Gasteiger charge is -2.10. The Morgan fingerprint density at radius 2 is 2.15 bits per heavy atom. The number of para-hydroxylation sites is 1. The van der Waals surface area contributed by atoms with Gasteiger partial charge >= 0.3 is 0 Å². The first-order valence-electron chi connectivity index (χ1n) is 9.32. The van der Waals surface area contributed by atoms with Gasteiger partial charge in [-0.1, -0.05) is 18.2 Å². The number of benzene rings is 1. The molecule has 7 nitrogen and oxygen atoms in total. The number of fused-ring (bicyclic) bond motifs is 1. The van der Waals surface area contributed by atoms with Crippen LogP contribution in [0.1, 0.15) is 28.9 Å². The van der Waals surface area contributed by atoms with Crippen LogP contribution < -0.4 is 10.6 Å². The van der Waals surface area contributed by atoms with Gasteiger partial charge in [-0.25, -0.2) is 0 Å². The zero-order valence-electron chi connectivity index (χ0n) is 15.1. The Bertz CT molecular complexity index is 900. The van der Waals surface area contributed by atoms with Crippen molar-refractivity contribution in [2.75, 3.05) is 25.0 Å². The molecular weight excluding hydrogens is 342 g/mol. The number of carbonyl (C=O) groups excluding carboxylic acids is 1. The molecule has 4 rings (SSSR count). The molecule has 1 fully saturated rings. The molecule has 1 aliphatic rings. The fourth-order valence-electron chi connectivity index (χ4n) is 3.31. The van der Waals surface area contributed by atoms with E-state index in [1.807, 2.05) is 18.3 Å². The van der Waals surface area contributed by atoms with Crippen LogP contribution in [0.5, 0.6) is 0 Å². The average molecular weight is 365 g/mol. The molecule has 1 aliphatic heterocycles. The van der Waals surface area contributed by atoms with Gasteiger partial charge in [0.25, 0.3) is 5.91 Å². The van der Waals surface area contributed by atoms with E-state index in [4.69, 9.17) is 4.74 Å². The van der Waals surface area contributed by atoms with Crippen LogP contribution in [0, 0.1) is 0 Å². The molecule has 1 atom stereocenters. The lowest BCUT2D eigenvalue weighted by atomic mass is 10.1. The summed E-state index contributed by atoms with van der Waals surface area (Å²) in [6.07, 6.45) is 5.08. The number of nitrogens with zero attached hydrogens (tertiary/aromatic N) is 2. The highest BCUT2D eigenvalue weighted by Gasteiger charge is 2.17. The van der Waals surface area contributed by atoms with Gasteiger partial charge in [-0.2, -0.15) is 0 Å². The number of hydrogen-bond donors (Lipinski definition) is 3. The summed E-state index contributed by atoms with van der Waals surface area (Å²) >= 11 is 0. The van der Waals surface area contributed by atoms with Crippen molar-refractivity contribution in [2.45, 2.75) is 25.4 Å². The van der Waals surface area contributed by atoms with E-state index in [0.29, 0.717) is 18.1 Å². The van der Waals surface area contributed by atoms with Crippen molar-refractivity contribution in [3.8, 4) is 0 Å². The van der Waals surface area contributed by atoms with Crippen LogP contribution >= 0.6 is 0 Å². The van der Waals surface area contributed by atoms with E-state index in [9.17, 15) is 4.79 Å². The second-order valence-electron chi connectivity index (χ2n) is 6.69. The van der Waals surface area contributed by atoms with Gasteiger partial charge in [-0.15, -0.1) is 10.2 Å². The molecular formula is C20H23N5O2. The number of H-pyrrole nitrogens is 1. The van der Waals surface area contributed by atoms with E-state index in [0.717, 1.165) is 37.9 Å². The summed E-state index contributed by atoms with van der Waals surface area (Å²) in [5.41, 5.74) is 2.72. The summed E-state index contributed by atoms with van der Waals surface area (Å²) in [6, 6.07) is 11.7. The van der Waals surface area contributed by atoms with E-state index >= 15 is 0 Å². The number of aromatic amines is 1. The van der Waals surface area contributed by atoms with Crippen LogP contribution in [-0.2, 0) is 11.2 Å². The standard InChI is InChI=1S/C20H23N5O2/c26-20(23-13-15-4-3-11-27-15)18-7-8-19(25-24-18)21-10-9-14-12-22-17-6-2-1-5-16(14)17/h1-2,5-8,12,15,22H,3-4,9-11,13H2,(H,21,25)(H,23,26). The largest absolute Gasteiger partial charge is 0.376 e. The Kier molecular flexibility index (Phi) is 5.29. The van der Waals surface area contributed by atoms with Crippen LogP contribution in [0.25, 0.3) is 10.9 Å². The maximum Gasteiger partial charge on any atom is 0.271 e. The summed E-state index contributed by atoms with van der Waals surface area (Å²) in [5.74, 6) is 0.439. The van der Waals surface area contributed by atoms with Crippen LogP contribution in [0.2, 0.25) is 0 Å². The lowest BCUT2D eigenvalue weighted by molar-refractivity contribution is 0.0853. The maximum absolute atomic E-state index is 12.1. The number of hydrogen-bond acceptors (Lipinski definition) is 5. The smallest absolute Gasteiger partial charge is 0.271 e. The number of anilines is 1. The van der Waals surface area contributed by atoms with Crippen molar-refractivity contribution < 1.29 is 9.53 Å². The van der Waals surface area contributed by atoms with Gasteiger partial charge in [0.1, 0.15) is 5.82 Å². The molecule has 3 aromatic rings. The molecule has 0 spiro atoms. The van der Waals surface area contributed by atoms with Gasteiger partial charge in [0.2, 0.25) is 0 Å². The average Bonchev–Trinajstić information content (AvgIpc) is 3.37. The number of nitrogens with one attached hydrogen (secondary N) is 3. The maximum atomic E-state index is 12.1. The van der Waals surface area contributed by atoms with E-state index in [2.05, 4.69) is 37.9 Å². The molecule has 1 saturated heterocycles. The summed E-state index contributed by atoms with van der Waals surface area (Å²) in [5, 5.41) is 15.5. The zero-order valence-corrected chi connectivity index (χ0v) is 15.1. The molecule has 3 heterocycles. The number of amides is 1. The number of ether oxygens (including phenoxy) is 1. The van der Waals surface area contributed by atoms with Crippen LogP contribution in [-0.4, -0.2) is 46.9 Å². The van der Waals surface area contributed by atoms with Crippen molar-refractivity contribution in [3.05, 3.63) is 53.9 Å². The molecule has 1 amide bonds. The third kappa shape index (κ3) is 4.25. The first-order chi connectivity index (χ1) is 13.3. The van der Waals surface area contributed by atoms with E-state index < -0.39 is 0 Å². The van der Waals surface area contributed by atoms with E-state index in [-0.39, 0.29) is 12.0 Å². The second kappa shape index (κ2) is 8.18. The molecule has 0 aliphatic carbocycles. The zero-order chi connectivity index (χ0) is 18.5. The molecule has 7 heteroatoms. The SMILES string of the molecule is O=C(NCC1CCCO1)c1ccc(NCCc2c[nH]c3ccccc23)nn1. The van der Waals surface area contributed by atoms with Crippen LogP contribution in [0.4, 0.5) is 5.82 Å². The molecule has 1 unspecified atom stereocenters. The molecule has 1 aromatic carbocycles. The molecule has 0 bridgehead atoms.